The summed E-state index contributed by atoms with van der Waals surface area (Å²) in [6.07, 6.45) is 6.59. The number of hydrogen-bond donors (Lipinski definition) is 2. The van der Waals surface area contributed by atoms with Crippen LogP contribution in [0.15, 0.2) is 42.6 Å². The fourth-order valence-corrected chi connectivity index (χ4v) is 4.55. The lowest BCUT2D eigenvalue weighted by molar-refractivity contribution is -0.120. The lowest BCUT2D eigenvalue weighted by Gasteiger charge is -2.27. The molecule has 0 radical (unpaired) electrons. The van der Waals surface area contributed by atoms with Gasteiger partial charge in [0.25, 0.3) is 5.91 Å². The Hall–Kier alpha value is -3.39. The van der Waals surface area contributed by atoms with Crippen LogP contribution < -0.4 is 15.5 Å². The molecule has 9 heteroatoms. The molecule has 170 valence electrons. The third-order valence-corrected chi connectivity index (χ3v) is 6.34. The van der Waals surface area contributed by atoms with Gasteiger partial charge in [0.1, 0.15) is 5.82 Å². The van der Waals surface area contributed by atoms with Gasteiger partial charge in [-0.2, -0.15) is 5.10 Å². The van der Waals surface area contributed by atoms with Gasteiger partial charge in [0.2, 0.25) is 5.91 Å². The van der Waals surface area contributed by atoms with E-state index in [2.05, 4.69) is 15.6 Å². The molecule has 1 aliphatic carbocycles. The summed E-state index contributed by atoms with van der Waals surface area (Å²) in [5.74, 6) is 0.453. The zero-order valence-corrected chi connectivity index (χ0v) is 18.9. The van der Waals surface area contributed by atoms with Crippen molar-refractivity contribution in [2.45, 2.75) is 32.1 Å². The number of hydrogen-bond acceptors (Lipinski definition) is 5. The molecule has 1 aliphatic heterocycles. The van der Waals surface area contributed by atoms with Crippen molar-refractivity contribution in [3.8, 4) is 5.69 Å². The average Bonchev–Trinajstić information content (AvgIpc) is 3.01. The summed E-state index contributed by atoms with van der Waals surface area (Å²) >= 11 is 6.06. The molecule has 2 aliphatic rings. The summed E-state index contributed by atoms with van der Waals surface area (Å²) in [4.78, 5) is 31.2. The average molecular weight is 465 g/mol. The Morgan fingerprint density at radius 1 is 1.06 bits per heavy atom. The van der Waals surface area contributed by atoms with Crippen LogP contribution in [0.1, 0.15) is 41.0 Å². The smallest absolute Gasteiger partial charge is 0.276 e. The van der Waals surface area contributed by atoms with E-state index >= 15 is 0 Å². The highest BCUT2D eigenvalue weighted by atomic mass is 35.5. The first kappa shape index (κ1) is 21.5. The van der Waals surface area contributed by atoms with E-state index in [1.165, 1.54) is 0 Å². The van der Waals surface area contributed by atoms with Gasteiger partial charge in [0, 0.05) is 29.4 Å². The van der Waals surface area contributed by atoms with Crippen LogP contribution in [-0.4, -0.2) is 46.2 Å². The number of fused-ring (bicyclic) bond motifs is 1. The quantitative estimate of drug-likeness (QED) is 0.577. The Morgan fingerprint density at radius 2 is 1.88 bits per heavy atom. The number of pyridine rings is 1. The Labute approximate surface area is 196 Å². The van der Waals surface area contributed by atoms with Crippen molar-refractivity contribution in [1.29, 1.82) is 0 Å². The molecule has 33 heavy (non-hydrogen) atoms. The summed E-state index contributed by atoms with van der Waals surface area (Å²) in [5.41, 5.74) is 4.06. The van der Waals surface area contributed by atoms with Crippen molar-refractivity contribution >= 4 is 34.9 Å². The minimum absolute atomic E-state index is 0.0163. The lowest BCUT2D eigenvalue weighted by Crippen LogP contribution is -2.48. The van der Waals surface area contributed by atoms with Crippen LogP contribution in [0.5, 0.6) is 0 Å². The Balaban J connectivity index is 1.39. The molecule has 2 aromatic heterocycles. The molecule has 0 bridgehead atoms. The lowest BCUT2D eigenvalue weighted by atomic mass is 10.1. The molecule has 1 aromatic carbocycles. The van der Waals surface area contributed by atoms with Gasteiger partial charge in [-0.05, 0) is 62.1 Å². The molecule has 0 spiro atoms. The molecule has 1 fully saturated rings. The standard InChI is InChI=1S/C24H25ClN6O2/c25-16-6-9-18(10-7-16)31-20-5-3-1-2-4-19(20)23(29-31)24(33)28-17-8-11-21(27-14-17)30-13-12-26-22(32)15-30/h6-11,14H,1-5,12-13,15H2,(H,26,32)(H,28,33). The maximum absolute atomic E-state index is 13.2. The number of halogens is 1. The van der Waals surface area contributed by atoms with Gasteiger partial charge in [-0.3, -0.25) is 9.59 Å². The van der Waals surface area contributed by atoms with Crippen LogP contribution in [0.25, 0.3) is 5.69 Å². The third kappa shape index (κ3) is 4.57. The van der Waals surface area contributed by atoms with E-state index in [9.17, 15) is 9.59 Å². The van der Waals surface area contributed by atoms with E-state index in [-0.39, 0.29) is 18.4 Å². The monoisotopic (exact) mass is 464 g/mol. The highest BCUT2D eigenvalue weighted by molar-refractivity contribution is 6.30. The Bertz CT molecular complexity index is 1170. The van der Waals surface area contributed by atoms with Gasteiger partial charge in [-0.15, -0.1) is 0 Å². The maximum atomic E-state index is 13.2. The van der Waals surface area contributed by atoms with E-state index in [0.29, 0.717) is 35.3 Å². The summed E-state index contributed by atoms with van der Waals surface area (Å²) in [6, 6.07) is 11.1. The first-order chi connectivity index (χ1) is 16.1. The molecule has 0 atom stereocenters. The van der Waals surface area contributed by atoms with Crippen molar-refractivity contribution in [2.24, 2.45) is 0 Å². The summed E-state index contributed by atoms with van der Waals surface area (Å²) in [7, 11) is 0. The summed E-state index contributed by atoms with van der Waals surface area (Å²) in [6.45, 7) is 1.59. The van der Waals surface area contributed by atoms with Crippen LogP contribution in [-0.2, 0) is 17.6 Å². The molecule has 0 unspecified atom stereocenters. The maximum Gasteiger partial charge on any atom is 0.276 e. The predicted molar refractivity (Wildman–Crippen MR) is 127 cm³/mol. The summed E-state index contributed by atoms with van der Waals surface area (Å²) in [5, 5.41) is 11.1. The molecule has 2 N–H and O–H groups in total. The van der Waals surface area contributed by atoms with Crippen molar-refractivity contribution in [3.63, 3.8) is 0 Å². The van der Waals surface area contributed by atoms with E-state index in [4.69, 9.17) is 16.7 Å². The zero-order valence-electron chi connectivity index (χ0n) is 18.2. The molecule has 1 saturated heterocycles. The van der Waals surface area contributed by atoms with E-state index in [0.717, 1.165) is 49.0 Å². The number of aromatic nitrogens is 3. The number of carbonyl (C=O) groups is 2. The summed E-state index contributed by atoms with van der Waals surface area (Å²) < 4.78 is 1.88. The van der Waals surface area contributed by atoms with Gasteiger partial charge < -0.3 is 15.5 Å². The molecule has 5 rings (SSSR count). The number of rotatable bonds is 4. The van der Waals surface area contributed by atoms with E-state index in [1.54, 1.807) is 6.20 Å². The van der Waals surface area contributed by atoms with Crippen LogP contribution in [0.4, 0.5) is 11.5 Å². The van der Waals surface area contributed by atoms with Gasteiger partial charge in [-0.25, -0.2) is 9.67 Å². The highest BCUT2D eigenvalue weighted by Gasteiger charge is 2.25. The van der Waals surface area contributed by atoms with Crippen LogP contribution in [0, 0.1) is 0 Å². The fourth-order valence-electron chi connectivity index (χ4n) is 4.43. The fraction of sp³-hybridized carbons (Fsp3) is 0.333. The normalized spacial score (nSPS) is 16.0. The van der Waals surface area contributed by atoms with Crippen molar-refractivity contribution in [1.82, 2.24) is 20.1 Å². The second-order valence-corrected chi connectivity index (χ2v) is 8.79. The number of nitrogens with one attached hydrogen (secondary N) is 2. The molecule has 8 nitrogen and oxygen atoms in total. The minimum Gasteiger partial charge on any atom is -0.353 e. The molecule has 3 aromatic rings. The molecular formula is C24H25ClN6O2. The van der Waals surface area contributed by atoms with E-state index < -0.39 is 0 Å². The van der Waals surface area contributed by atoms with Crippen LogP contribution in [0.3, 0.4) is 0 Å². The number of amides is 2. The molecule has 0 saturated carbocycles. The van der Waals surface area contributed by atoms with Crippen molar-refractivity contribution in [2.75, 3.05) is 29.9 Å². The van der Waals surface area contributed by atoms with Crippen LogP contribution in [0.2, 0.25) is 5.02 Å². The largest absolute Gasteiger partial charge is 0.353 e. The highest BCUT2D eigenvalue weighted by Crippen LogP contribution is 2.27. The second kappa shape index (κ2) is 9.23. The first-order valence-electron chi connectivity index (χ1n) is 11.2. The number of carbonyl (C=O) groups excluding carboxylic acids is 2. The third-order valence-electron chi connectivity index (χ3n) is 6.08. The van der Waals surface area contributed by atoms with Gasteiger partial charge in [0.15, 0.2) is 5.69 Å². The predicted octanol–water partition coefficient (Wildman–Crippen LogP) is 3.38. The van der Waals surface area contributed by atoms with E-state index in [1.807, 2.05) is 46.0 Å². The van der Waals surface area contributed by atoms with Crippen molar-refractivity contribution < 1.29 is 9.59 Å². The zero-order chi connectivity index (χ0) is 22.8. The minimum atomic E-state index is -0.243. The number of benzene rings is 1. The van der Waals surface area contributed by atoms with Gasteiger partial charge in [0.05, 0.1) is 24.1 Å². The number of nitrogens with zero attached hydrogens (tertiary/aromatic N) is 4. The van der Waals surface area contributed by atoms with Crippen molar-refractivity contribution in [3.05, 3.63) is 64.6 Å². The van der Waals surface area contributed by atoms with Crippen LogP contribution >= 0.6 is 11.6 Å². The first-order valence-corrected chi connectivity index (χ1v) is 11.6. The Morgan fingerprint density at radius 3 is 2.64 bits per heavy atom. The second-order valence-electron chi connectivity index (χ2n) is 8.35. The molecular weight excluding hydrogens is 440 g/mol. The molecule has 3 heterocycles. The topological polar surface area (TPSA) is 92.2 Å². The molecule has 2 amide bonds. The number of piperazine rings is 1. The number of anilines is 2. The SMILES string of the molecule is O=C1CN(c2ccc(NC(=O)c3nn(-c4ccc(Cl)cc4)c4c3CCCCC4)cn2)CCN1. The van der Waals surface area contributed by atoms with Gasteiger partial charge >= 0.3 is 0 Å². The van der Waals surface area contributed by atoms with Gasteiger partial charge in [-0.1, -0.05) is 18.0 Å². The Kier molecular flexibility index (Phi) is 6.00.